The SMILES string of the molecule is CC[C@H](N)[C@@H](CC)Nc1nc(Nc2cncc(F)c2)c(C(N)=O)cc1F. The van der Waals surface area contributed by atoms with Gasteiger partial charge in [-0.3, -0.25) is 9.78 Å². The molecule has 1 amide bonds. The molecule has 0 fully saturated rings. The Kier molecular flexibility index (Phi) is 6.40. The average molecular weight is 364 g/mol. The molecular formula is C17H22F2N6O. The van der Waals surface area contributed by atoms with Gasteiger partial charge in [0.05, 0.1) is 23.6 Å². The van der Waals surface area contributed by atoms with Gasteiger partial charge in [-0.25, -0.2) is 13.8 Å². The Balaban J connectivity index is 2.40. The zero-order chi connectivity index (χ0) is 19.3. The third-order valence-electron chi connectivity index (χ3n) is 3.96. The van der Waals surface area contributed by atoms with E-state index in [0.29, 0.717) is 12.8 Å². The van der Waals surface area contributed by atoms with Crippen molar-refractivity contribution in [3.05, 3.63) is 41.7 Å². The van der Waals surface area contributed by atoms with Gasteiger partial charge >= 0.3 is 0 Å². The molecule has 26 heavy (non-hydrogen) atoms. The molecule has 2 rings (SSSR count). The van der Waals surface area contributed by atoms with E-state index < -0.39 is 17.5 Å². The molecule has 0 spiro atoms. The van der Waals surface area contributed by atoms with Crippen LogP contribution in [0.2, 0.25) is 0 Å². The van der Waals surface area contributed by atoms with E-state index in [-0.39, 0.29) is 35.0 Å². The molecule has 7 nitrogen and oxygen atoms in total. The molecule has 9 heteroatoms. The van der Waals surface area contributed by atoms with Gasteiger partial charge in [-0.15, -0.1) is 0 Å². The van der Waals surface area contributed by atoms with Crippen molar-refractivity contribution in [3.8, 4) is 0 Å². The molecule has 6 N–H and O–H groups in total. The maximum absolute atomic E-state index is 14.4. The van der Waals surface area contributed by atoms with Crippen molar-refractivity contribution in [3.63, 3.8) is 0 Å². The number of hydrogen-bond acceptors (Lipinski definition) is 6. The molecule has 2 heterocycles. The van der Waals surface area contributed by atoms with Crippen LogP contribution in [-0.4, -0.2) is 28.0 Å². The summed E-state index contributed by atoms with van der Waals surface area (Å²) in [5.74, 6) is -2.25. The lowest BCUT2D eigenvalue weighted by molar-refractivity contribution is 0.100. The highest BCUT2D eigenvalue weighted by molar-refractivity contribution is 5.98. The number of hydrogen-bond donors (Lipinski definition) is 4. The smallest absolute Gasteiger partial charge is 0.252 e. The molecule has 2 aromatic heterocycles. The van der Waals surface area contributed by atoms with Crippen LogP contribution >= 0.6 is 0 Å². The summed E-state index contributed by atoms with van der Waals surface area (Å²) in [5, 5.41) is 5.70. The van der Waals surface area contributed by atoms with Crippen LogP contribution in [0.1, 0.15) is 37.0 Å². The fraction of sp³-hybridized carbons (Fsp3) is 0.353. The lowest BCUT2D eigenvalue weighted by Crippen LogP contribution is -2.39. The minimum Gasteiger partial charge on any atom is -0.365 e. The minimum absolute atomic E-state index is 0.00581. The van der Waals surface area contributed by atoms with E-state index in [1.165, 1.54) is 6.20 Å². The molecule has 0 aromatic carbocycles. The van der Waals surface area contributed by atoms with Gasteiger partial charge in [0, 0.05) is 18.2 Å². The molecular weight excluding hydrogens is 342 g/mol. The van der Waals surface area contributed by atoms with Crippen molar-refractivity contribution >= 4 is 23.2 Å². The first-order valence-electron chi connectivity index (χ1n) is 8.25. The third kappa shape index (κ3) is 4.63. The van der Waals surface area contributed by atoms with E-state index in [1.807, 2.05) is 13.8 Å². The molecule has 140 valence electrons. The lowest BCUT2D eigenvalue weighted by atomic mass is 10.0. The Morgan fingerprint density at radius 2 is 1.92 bits per heavy atom. The van der Waals surface area contributed by atoms with Crippen molar-refractivity contribution in [2.75, 3.05) is 10.6 Å². The molecule has 2 aromatic rings. The number of nitrogens with one attached hydrogen (secondary N) is 2. The first kappa shape index (κ1) is 19.5. The first-order chi connectivity index (χ1) is 12.3. The predicted octanol–water partition coefficient (Wildman–Crippen LogP) is 2.53. The number of carbonyl (C=O) groups is 1. The fourth-order valence-corrected chi connectivity index (χ4v) is 2.46. The number of primary amides is 1. The number of pyridine rings is 2. The zero-order valence-electron chi connectivity index (χ0n) is 14.6. The monoisotopic (exact) mass is 364 g/mol. The fourth-order valence-electron chi connectivity index (χ4n) is 2.46. The summed E-state index contributed by atoms with van der Waals surface area (Å²) in [7, 11) is 0. The average Bonchev–Trinajstić information content (AvgIpc) is 2.60. The maximum Gasteiger partial charge on any atom is 0.252 e. The van der Waals surface area contributed by atoms with E-state index in [2.05, 4.69) is 20.6 Å². The van der Waals surface area contributed by atoms with Crippen LogP contribution in [0, 0.1) is 11.6 Å². The van der Waals surface area contributed by atoms with Crippen LogP contribution in [0.25, 0.3) is 0 Å². The van der Waals surface area contributed by atoms with Crippen molar-refractivity contribution in [1.82, 2.24) is 9.97 Å². The molecule has 2 atom stereocenters. The summed E-state index contributed by atoms with van der Waals surface area (Å²) in [5.41, 5.74) is 11.4. The van der Waals surface area contributed by atoms with Crippen molar-refractivity contribution < 1.29 is 13.6 Å². The molecule has 0 bridgehead atoms. The largest absolute Gasteiger partial charge is 0.365 e. The molecule has 0 radical (unpaired) electrons. The summed E-state index contributed by atoms with van der Waals surface area (Å²) < 4.78 is 27.7. The van der Waals surface area contributed by atoms with Crippen LogP contribution in [0.15, 0.2) is 24.5 Å². The Morgan fingerprint density at radius 3 is 2.50 bits per heavy atom. The van der Waals surface area contributed by atoms with Gasteiger partial charge in [-0.05, 0) is 18.9 Å². The second kappa shape index (κ2) is 8.52. The van der Waals surface area contributed by atoms with Gasteiger partial charge in [0.15, 0.2) is 11.6 Å². The summed E-state index contributed by atoms with van der Waals surface area (Å²) >= 11 is 0. The van der Waals surface area contributed by atoms with Gasteiger partial charge in [0.2, 0.25) is 0 Å². The van der Waals surface area contributed by atoms with Crippen LogP contribution in [-0.2, 0) is 0 Å². The molecule has 0 saturated carbocycles. The van der Waals surface area contributed by atoms with E-state index in [0.717, 1.165) is 18.3 Å². The normalized spacial score (nSPS) is 13.1. The second-order valence-electron chi connectivity index (χ2n) is 5.83. The van der Waals surface area contributed by atoms with E-state index in [4.69, 9.17) is 11.5 Å². The Hall–Kier alpha value is -2.81. The third-order valence-corrected chi connectivity index (χ3v) is 3.96. The summed E-state index contributed by atoms with van der Waals surface area (Å²) in [6, 6.07) is 1.75. The summed E-state index contributed by atoms with van der Waals surface area (Å²) in [4.78, 5) is 19.4. The van der Waals surface area contributed by atoms with Gasteiger partial charge in [-0.1, -0.05) is 13.8 Å². The summed E-state index contributed by atoms with van der Waals surface area (Å²) in [6.45, 7) is 3.85. The van der Waals surface area contributed by atoms with Gasteiger partial charge < -0.3 is 22.1 Å². The topological polar surface area (TPSA) is 119 Å². The number of nitrogens with zero attached hydrogens (tertiary/aromatic N) is 2. The second-order valence-corrected chi connectivity index (χ2v) is 5.83. The molecule has 0 aliphatic rings. The van der Waals surface area contributed by atoms with Crippen LogP contribution in [0.5, 0.6) is 0 Å². The highest BCUT2D eigenvalue weighted by Crippen LogP contribution is 2.24. The first-order valence-corrected chi connectivity index (χ1v) is 8.25. The summed E-state index contributed by atoms with van der Waals surface area (Å²) in [6.07, 6.45) is 3.73. The molecule has 0 unspecified atom stereocenters. The van der Waals surface area contributed by atoms with Crippen molar-refractivity contribution in [2.45, 2.75) is 38.8 Å². The maximum atomic E-state index is 14.4. The number of amides is 1. The Morgan fingerprint density at radius 1 is 1.19 bits per heavy atom. The van der Waals surface area contributed by atoms with Gasteiger partial charge in [-0.2, -0.15) is 0 Å². The highest BCUT2D eigenvalue weighted by atomic mass is 19.1. The molecule has 0 aliphatic heterocycles. The molecule has 0 aliphatic carbocycles. The number of anilines is 3. The zero-order valence-corrected chi connectivity index (χ0v) is 14.6. The van der Waals surface area contributed by atoms with E-state index >= 15 is 0 Å². The van der Waals surface area contributed by atoms with Crippen LogP contribution < -0.4 is 22.1 Å². The molecule has 0 saturated heterocycles. The number of aromatic nitrogens is 2. The minimum atomic E-state index is -0.868. The van der Waals surface area contributed by atoms with Crippen molar-refractivity contribution in [2.24, 2.45) is 11.5 Å². The number of rotatable bonds is 8. The quantitative estimate of drug-likeness (QED) is 0.571. The Labute approximate surface area is 150 Å². The Bertz CT molecular complexity index is 786. The van der Waals surface area contributed by atoms with E-state index in [9.17, 15) is 13.6 Å². The standard InChI is InChI=1S/C17H22F2N6O/c1-3-13(20)14(4-2)24-17-12(19)6-11(15(21)26)16(25-17)23-10-5-9(18)7-22-8-10/h5-8,13-14H,3-4,20H2,1-2H3,(H2,21,26)(H2,23,24,25)/t13-,14+/m0/s1. The predicted molar refractivity (Wildman–Crippen MR) is 96.2 cm³/mol. The number of halogens is 2. The number of nitrogens with two attached hydrogens (primary N) is 2. The van der Waals surface area contributed by atoms with Crippen LogP contribution in [0.3, 0.4) is 0 Å². The highest BCUT2D eigenvalue weighted by Gasteiger charge is 2.20. The van der Waals surface area contributed by atoms with Crippen LogP contribution in [0.4, 0.5) is 26.1 Å². The van der Waals surface area contributed by atoms with Gasteiger partial charge in [0.25, 0.3) is 5.91 Å². The van der Waals surface area contributed by atoms with E-state index in [1.54, 1.807) is 0 Å². The lowest BCUT2D eigenvalue weighted by Gasteiger charge is -2.24. The number of carbonyl (C=O) groups excluding carboxylic acids is 1. The van der Waals surface area contributed by atoms with Crippen molar-refractivity contribution in [1.29, 1.82) is 0 Å². The van der Waals surface area contributed by atoms with Gasteiger partial charge in [0.1, 0.15) is 11.6 Å².